The molecule has 0 saturated carbocycles. The van der Waals surface area contributed by atoms with Crippen molar-refractivity contribution in [2.45, 2.75) is 31.6 Å². The third kappa shape index (κ3) is 7.23. The highest BCUT2D eigenvalue weighted by Gasteiger charge is 2.22. The summed E-state index contributed by atoms with van der Waals surface area (Å²) in [6.45, 7) is 2.18. The summed E-state index contributed by atoms with van der Waals surface area (Å²) in [7, 11) is -1.45. The van der Waals surface area contributed by atoms with Gasteiger partial charge in [-0.15, -0.1) is 0 Å². The second-order valence-corrected chi connectivity index (χ2v) is 9.04. The highest BCUT2D eigenvalue weighted by atomic mass is 79.9. The van der Waals surface area contributed by atoms with Crippen molar-refractivity contribution in [2.24, 2.45) is 0 Å². The van der Waals surface area contributed by atoms with Gasteiger partial charge in [-0.25, -0.2) is 0 Å². The maximum atomic E-state index is 9.19. The summed E-state index contributed by atoms with van der Waals surface area (Å²) in [5, 5.41) is 0. The van der Waals surface area contributed by atoms with E-state index in [0.717, 1.165) is 25.3 Å². The third-order valence-corrected chi connectivity index (χ3v) is 5.17. The first-order valence-corrected chi connectivity index (χ1v) is 11.3. The molecule has 1 N–H and O–H groups in total. The maximum absolute atomic E-state index is 9.19. The number of hydrogen-bond donors (Lipinski definition) is 1. The van der Waals surface area contributed by atoms with Crippen LogP contribution in [-0.2, 0) is 23.0 Å². The van der Waals surface area contributed by atoms with Gasteiger partial charge in [-0.2, -0.15) is 8.42 Å². The van der Waals surface area contributed by atoms with Crippen molar-refractivity contribution in [3.05, 3.63) is 58.0 Å². The van der Waals surface area contributed by atoms with E-state index in [4.69, 9.17) is 8.97 Å². The summed E-state index contributed by atoms with van der Waals surface area (Å²) in [6.07, 6.45) is 7.27. The van der Waals surface area contributed by atoms with Crippen LogP contribution in [0.1, 0.15) is 35.6 Å². The van der Waals surface area contributed by atoms with Crippen molar-refractivity contribution in [1.82, 2.24) is 4.90 Å². The maximum Gasteiger partial charge on any atom is 0.261 e. The Morgan fingerprint density at radius 3 is 2.69 bits per heavy atom. The van der Waals surface area contributed by atoms with E-state index in [0.29, 0.717) is 12.2 Å². The minimum absolute atomic E-state index is 0.660. The van der Waals surface area contributed by atoms with E-state index in [2.05, 4.69) is 52.1 Å². The van der Waals surface area contributed by atoms with Crippen LogP contribution in [0.15, 0.2) is 45.5 Å². The lowest BCUT2D eigenvalue weighted by atomic mass is 9.82. The Labute approximate surface area is 164 Å². The van der Waals surface area contributed by atoms with Crippen molar-refractivity contribution in [3.63, 3.8) is 0 Å². The van der Waals surface area contributed by atoms with Crippen LogP contribution in [0.2, 0.25) is 0 Å². The molecule has 0 fully saturated rings. The van der Waals surface area contributed by atoms with Gasteiger partial charge in [0.25, 0.3) is 10.1 Å². The van der Waals surface area contributed by atoms with Gasteiger partial charge in [0.1, 0.15) is 5.76 Å². The van der Waals surface area contributed by atoms with Gasteiger partial charge >= 0.3 is 0 Å². The fourth-order valence-corrected chi connectivity index (χ4v) is 3.90. The van der Waals surface area contributed by atoms with Crippen LogP contribution in [0, 0.1) is 0 Å². The molecule has 1 aliphatic rings. The Morgan fingerprint density at radius 2 is 2.04 bits per heavy atom. The summed E-state index contributed by atoms with van der Waals surface area (Å²) < 4.78 is 32.6. The normalized spacial score (nSPS) is 16.7. The lowest BCUT2D eigenvalue weighted by Crippen LogP contribution is -2.28. The molecule has 144 valence electrons. The topological polar surface area (TPSA) is 70.8 Å². The molecule has 1 atom stereocenters. The van der Waals surface area contributed by atoms with Crippen molar-refractivity contribution in [3.8, 4) is 0 Å². The second kappa shape index (κ2) is 9.69. The molecule has 1 heterocycles. The zero-order valence-corrected chi connectivity index (χ0v) is 17.6. The van der Waals surface area contributed by atoms with Crippen molar-refractivity contribution >= 4 is 26.0 Å². The smallest absolute Gasteiger partial charge is 0.261 e. The van der Waals surface area contributed by atoms with Gasteiger partial charge in [-0.3, -0.25) is 4.55 Å². The van der Waals surface area contributed by atoms with Crippen LogP contribution < -0.4 is 0 Å². The summed E-state index contributed by atoms with van der Waals surface area (Å²) in [5.41, 5.74) is 3.06. The Kier molecular flexibility index (Phi) is 7.88. The average molecular weight is 444 g/mol. The molecule has 0 spiro atoms. The van der Waals surface area contributed by atoms with E-state index in [9.17, 15) is 8.42 Å². The minimum atomic E-state index is -3.67. The van der Waals surface area contributed by atoms with Gasteiger partial charge in [-0.05, 0) is 61.6 Å². The molecule has 0 amide bonds. The van der Waals surface area contributed by atoms with Crippen LogP contribution in [0.3, 0.4) is 0 Å². The van der Waals surface area contributed by atoms with Gasteiger partial charge in [0.2, 0.25) is 0 Å². The Balaban J connectivity index is 0.000000431. The Hall–Kier alpha value is -1.15. The average Bonchev–Trinajstić information content (AvgIpc) is 3.06. The van der Waals surface area contributed by atoms with Crippen LogP contribution in [0.25, 0.3) is 0 Å². The molecule has 1 aromatic heterocycles. The van der Waals surface area contributed by atoms with E-state index < -0.39 is 10.1 Å². The molecule has 3 rings (SSSR count). The number of hydrogen-bond acceptors (Lipinski definition) is 4. The fraction of sp³-hybridized carbons (Fsp3) is 0.474. The first kappa shape index (κ1) is 21.2. The zero-order chi connectivity index (χ0) is 19.2. The first-order chi connectivity index (χ1) is 12.2. The molecule has 5 nitrogen and oxygen atoms in total. The lowest BCUT2D eigenvalue weighted by Gasteiger charge is -2.30. The molecular formula is C19H26BrNO4S. The third-order valence-electron chi connectivity index (χ3n) is 4.43. The number of halogens is 1. The molecule has 1 aliphatic carbocycles. The van der Waals surface area contributed by atoms with Gasteiger partial charge in [0.15, 0.2) is 0 Å². The number of furan rings is 1. The molecule has 1 unspecified atom stereocenters. The molecule has 26 heavy (non-hydrogen) atoms. The van der Waals surface area contributed by atoms with Gasteiger partial charge in [-0.1, -0.05) is 28.1 Å². The van der Waals surface area contributed by atoms with Crippen LogP contribution in [-0.4, -0.2) is 44.3 Å². The highest BCUT2D eigenvalue weighted by Crippen LogP contribution is 2.35. The number of likely N-dealkylation sites (N-methyl/N-ethyl adjacent to an activating group) is 1. The van der Waals surface area contributed by atoms with E-state index >= 15 is 0 Å². The van der Waals surface area contributed by atoms with E-state index in [1.54, 1.807) is 11.8 Å². The molecule has 0 radical (unpaired) electrons. The van der Waals surface area contributed by atoms with E-state index in [1.165, 1.54) is 29.3 Å². The number of fused-ring (bicyclic) bond motifs is 1. The largest absolute Gasteiger partial charge is 0.469 e. The van der Waals surface area contributed by atoms with Crippen LogP contribution in [0.5, 0.6) is 0 Å². The van der Waals surface area contributed by atoms with Gasteiger partial charge in [0.05, 0.1) is 12.5 Å². The summed E-state index contributed by atoms with van der Waals surface area (Å²) in [4.78, 5) is 2.43. The number of nitrogens with zero attached hydrogens (tertiary/aromatic N) is 1. The zero-order valence-electron chi connectivity index (χ0n) is 15.2. The van der Waals surface area contributed by atoms with Gasteiger partial charge in [0, 0.05) is 24.0 Å². The number of rotatable bonds is 5. The minimum Gasteiger partial charge on any atom is -0.469 e. The molecule has 0 saturated heterocycles. The monoisotopic (exact) mass is 443 g/mol. The summed E-state index contributed by atoms with van der Waals surface area (Å²) >= 11 is 3.71. The predicted molar refractivity (Wildman–Crippen MR) is 107 cm³/mol. The van der Waals surface area contributed by atoms with Crippen molar-refractivity contribution in [2.75, 3.05) is 26.4 Å². The number of benzene rings is 1. The van der Waals surface area contributed by atoms with E-state index in [1.807, 2.05) is 6.07 Å². The van der Waals surface area contributed by atoms with Crippen molar-refractivity contribution in [1.29, 1.82) is 0 Å². The molecule has 0 aliphatic heterocycles. The van der Waals surface area contributed by atoms with Crippen LogP contribution in [0.4, 0.5) is 0 Å². The first-order valence-electron chi connectivity index (χ1n) is 8.64. The standard InChI is InChI=1S/C18H22BrNO.CH4O3S/c1-20(11-10-15-6-4-12-21-15)13-14-5-2-8-17-16(14)7-3-9-18(17)19;1-5(2,3)4/h3-4,6-7,9,12,14H,2,5,8,10-11,13H2,1H3;1H3,(H,2,3,4). The van der Waals surface area contributed by atoms with Crippen LogP contribution >= 0.6 is 15.9 Å². The summed E-state index contributed by atoms with van der Waals surface area (Å²) in [6, 6.07) is 10.7. The van der Waals surface area contributed by atoms with E-state index in [-0.39, 0.29) is 0 Å². The quantitative estimate of drug-likeness (QED) is 0.702. The molecule has 7 heteroatoms. The molecule has 1 aromatic carbocycles. The summed E-state index contributed by atoms with van der Waals surface area (Å²) in [5.74, 6) is 1.74. The lowest BCUT2D eigenvalue weighted by molar-refractivity contribution is 0.293. The van der Waals surface area contributed by atoms with Crippen molar-refractivity contribution < 1.29 is 17.4 Å². The SMILES string of the molecule is CN(CCc1ccco1)CC1CCCc2c(Br)cccc21.CS(=O)(=O)O. The Bertz CT molecular complexity index is 782. The highest BCUT2D eigenvalue weighted by molar-refractivity contribution is 9.10. The molecular weight excluding hydrogens is 418 g/mol. The molecule has 0 bridgehead atoms. The Morgan fingerprint density at radius 1 is 1.31 bits per heavy atom. The van der Waals surface area contributed by atoms with Gasteiger partial charge < -0.3 is 9.32 Å². The fourth-order valence-electron chi connectivity index (χ4n) is 3.32. The second-order valence-electron chi connectivity index (χ2n) is 6.72. The predicted octanol–water partition coefficient (Wildman–Crippen LogP) is 4.14. The molecule has 2 aromatic rings.